The molecule has 1 aliphatic rings. The predicted octanol–water partition coefficient (Wildman–Crippen LogP) is 3.60. The number of carbonyl (C=O) groups excluding carboxylic acids is 1. The molecule has 0 saturated carbocycles. The third-order valence-electron chi connectivity index (χ3n) is 4.56. The summed E-state index contributed by atoms with van der Waals surface area (Å²) in [7, 11) is 0. The smallest absolute Gasteiger partial charge is 0.328 e. The van der Waals surface area contributed by atoms with Crippen LogP contribution in [-0.2, 0) is 9.59 Å². The van der Waals surface area contributed by atoms with Crippen LogP contribution < -0.4 is 0 Å². The zero-order valence-electron chi connectivity index (χ0n) is 15.1. The van der Waals surface area contributed by atoms with Crippen molar-refractivity contribution < 1.29 is 14.7 Å². The molecule has 1 unspecified atom stereocenters. The van der Waals surface area contributed by atoms with Crippen molar-refractivity contribution in [2.75, 3.05) is 0 Å². The average molecular weight is 407 g/mol. The van der Waals surface area contributed by atoms with E-state index in [2.05, 4.69) is 15.1 Å². The van der Waals surface area contributed by atoms with Gasteiger partial charge in [0.25, 0.3) is 5.91 Å². The Morgan fingerprint density at radius 1 is 1.03 bits per heavy atom. The van der Waals surface area contributed by atoms with E-state index in [-0.39, 0.29) is 0 Å². The van der Waals surface area contributed by atoms with Gasteiger partial charge in [0.1, 0.15) is 0 Å². The summed E-state index contributed by atoms with van der Waals surface area (Å²) in [5.74, 6) is -1.71. The number of carboxylic acids is 1. The fourth-order valence-electron chi connectivity index (χ4n) is 3.20. The number of aromatic nitrogens is 2. The predicted molar refractivity (Wildman–Crippen MR) is 109 cm³/mol. The van der Waals surface area contributed by atoms with Crippen LogP contribution in [0.2, 0.25) is 5.02 Å². The standard InChI is InChI=1S/C21H15ClN4O3/c22-15-4-1-13(2-5-15)17-12-19(26(25-17)20(27)7-8-21(28)29)14-3-6-16-18(11-14)24-10-9-23-16/h1-11,19H,12H2,(H,28,29)/b8-7+. The van der Waals surface area contributed by atoms with E-state index >= 15 is 0 Å². The lowest BCUT2D eigenvalue weighted by Crippen LogP contribution is -2.25. The first-order chi connectivity index (χ1) is 14.0. The van der Waals surface area contributed by atoms with Gasteiger partial charge >= 0.3 is 5.97 Å². The van der Waals surface area contributed by atoms with E-state index in [1.165, 1.54) is 5.01 Å². The molecule has 0 saturated heterocycles. The first-order valence-corrected chi connectivity index (χ1v) is 9.17. The van der Waals surface area contributed by atoms with Crippen LogP contribution in [0.1, 0.15) is 23.6 Å². The number of halogens is 1. The van der Waals surface area contributed by atoms with Gasteiger partial charge in [-0.2, -0.15) is 5.10 Å². The molecule has 1 atom stereocenters. The summed E-state index contributed by atoms with van der Waals surface area (Å²) in [6.45, 7) is 0. The Morgan fingerprint density at radius 3 is 2.48 bits per heavy atom. The minimum Gasteiger partial charge on any atom is -0.478 e. The molecule has 1 aliphatic heterocycles. The Kier molecular flexibility index (Phi) is 5.05. The Labute approximate surface area is 171 Å². The molecule has 1 N–H and O–H groups in total. The topological polar surface area (TPSA) is 95.8 Å². The van der Waals surface area contributed by atoms with Crippen molar-refractivity contribution in [3.8, 4) is 0 Å². The zero-order chi connectivity index (χ0) is 20.4. The number of hydrogen-bond donors (Lipinski definition) is 1. The molecule has 2 heterocycles. The lowest BCUT2D eigenvalue weighted by Gasteiger charge is -2.20. The summed E-state index contributed by atoms with van der Waals surface area (Å²) in [6, 6.07) is 12.4. The molecule has 0 aliphatic carbocycles. The minimum absolute atomic E-state index is 0.391. The molecule has 0 spiro atoms. The fraction of sp³-hybridized carbons (Fsp3) is 0.0952. The van der Waals surface area contributed by atoms with Crippen LogP contribution in [0.15, 0.2) is 72.1 Å². The maximum Gasteiger partial charge on any atom is 0.328 e. The van der Waals surface area contributed by atoms with Crippen molar-refractivity contribution >= 4 is 40.2 Å². The van der Waals surface area contributed by atoms with Crippen LogP contribution in [0, 0.1) is 0 Å². The summed E-state index contributed by atoms with van der Waals surface area (Å²) in [5, 5.41) is 15.2. The lowest BCUT2D eigenvalue weighted by molar-refractivity contribution is -0.132. The molecule has 0 bridgehead atoms. The Bertz CT molecular complexity index is 1160. The molecular weight excluding hydrogens is 392 g/mol. The largest absolute Gasteiger partial charge is 0.478 e. The summed E-state index contributed by atoms with van der Waals surface area (Å²) < 4.78 is 0. The highest BCUT2D eigenvalue weighted by Gasteiger charge is 2.32. The molecular formula is C21H15ClN4O3. The van der Waals surface area contributed by atoms with E-state index in [1.54, 1.807) is 24.5 Å². The average Bonchev–Trinajstić information content (AvgIpc) is 3.17. The van der Waals surface area contributed by atoms with E-state index in [0.29, 0.717) is 22.7 Å². The van der Waals surface area contributed by atoms with Crippen molar-refractivity contribution in [3.63, 3.8) is 0 Å². The van der Waals surface area contributed by atoms with Crippen molar-refractivity contribution in [2.24, 2.45) is 5.10 Å². The molecule has 2 aromatic carbocycles. The number of benzene rings is 2. The molecule has 29 heavy (non-hydrogen) atoms. The van der Waals surface area contributed by atoms with Gasteiger partial charge in [0.15, 0.2) is 0 Å². The molecule has 0 radical (unpaired) electrons. The zero-order valence-corrected chi connectivity index (χ0v) is 15.8. The fourth-order valence-corrected chi connectivity index (χ4v) is 3.32. The third kappa shape index (κ3) is 4.00. The number of hydrazone groups is 1. The Hall–Kier alpha value is -3.58. The highest BCUT2D eigenvalue weighted by atomic mass is 35.5. The van der Waals surface area contributed by atoms with Gasteiger partial charge in [0.2, 0.25) is 0 Å². The van der Waals surface area contributed by atoms with Gasteiger partial charge in [0.05, 0.1) is 22.8 Å². The number of amides is 1. The number of carbonyl (C=O) groups is 2. The number of hydrogen-bond acceptors (Lipinski definition) is 5. The molecule has 0 fully saturated rings. The number of carboxylic acid groups (broad SMARTS) is 1. The lowest BCUT2D eigenvalue weighted by atomic mass is 9.98. The Morgan fingerprint density at radius 2 is 1.76 bits per heavy atom. The SMILES string of the molecule is O=C(O)/C=C/C(=O)N1N=C(c2ccc(Cl)cc2)CC1c1ccc2nccnc2c1. The van der Waals surface area contributed by atoms with Crippen LogP contribution in [0.5, 0.6) is 0 Å². The van der Waals surface area contributed by atoms with Crippen molar-refractivity contribution in [2.45, 2.75) is 12.5 Å². The van der Waals surface area contributed by atoms with E-state index in [9.17, 15) is 9.59 Å². The molecule has 7 nitrogen and oxygen atoms in total. The van der Waals surface area contributed by atoms with Crippen LogP contribution >= 0.6 is 11.6 Å². The van der Waals surface area contributed by atoms with Gasteiger partial charge in [-0.1, -0.05) is 29.8 Å². The van der Waals surface area contributed by atoms with E-state index in [4.69, 9.17) is 16.7 Å². The summed E-state index contributed by atoms with van der Waals surface area (Å²) in [6.07, 6.45) is 5.51. The minimum atomic E-state index is -1.20. The van der Waals surface area contributed by atoms with E-state index in [0.717, 1.165) is 28.8 Å². The monoisotopic (exact) mass is 406 g/mol. The second kappa shape index (κ2) is 7.81. The second-order valence-corrected chi connectivity index (χ2v) is 6.87. The number of aliphatic carboxylic acids is 1. The molecule has 1 amide bonds. The summed E-state index contributed by atoms with van der Waals surface area (Å²) in [5.41, 5.74) is 3.85. The van der Waals surface area contributed by atoms with Crippen molar-refractivity contribution in [1.82, 2.24) is 15.0 Å². The normalized spacial score (nSPS) is 16.4. The number of rotatable bonds is 4. The maximum absolute atomic E-state index is 12.6. The second-order valence-electron chi connectivity index (χ2n) is 6.43. The highest BCUT2D eigenvalue weighted by Crippen LogP contribution is 2.34. The van der Waals surface area contributed by atoms with Crippen LogP contribution in [0.4, 0.5) is 0 Å². The maximum atomic E-state index is 12.6. The molecule has 1 aromatic heterocycles. The van der Waals surface area contributed by atoms with Gasteiger partial charge in [-0.05, 0) is 35.4 Å². The molecule has 3 aromatic rings. The third-order valence-corrected chi connectivity index (χ3v) is 4.81. The summed E-state index contributed by atoms with van der Waals surface area (Å²) >= 11 is 5.97. The molecule has 4 rings (SSSR count). The Balaban J connectivity index is 1.72. The van der Waals surface area contributed by atoms with Gasteiger partial charge in [-0.3, -0.25) is 14.8 Å². The quantitative estimate of drug-likeness (QED) is 0.668. The molecule has 144 valence electrons. The van der Waals surface area contributed by atoms with Crippen LogP contribution in [-0.4, -0.2) is 37.7 Å². The van der Waals surface area contributed by atoms with E-state index in [1.807, 2.05) is 30.3 Å². The number of nitrogens with zero attached hydrogens (tertiary/aromatic N) is 4. The first-order valence-electron chi connectivity index (χ1n) is 8.79. The van der Waals surface area contributed by atoms with Crippen LogP contribution in [0.25, 0.3) is 11.0 Å². The highest BCUT2D eigenvalue weighted by molar-refractivity contribution is 6.30. The van der Waals surface area contributed by atoms with Crippen molar-refractivity contribution in [3.05, 3.63) is 83.2 Å². The first kappa shape index (κ1) is 18.8. The van der Waals surface area contributed by atoms with Gasteiger partial charge in [-0.25, -0.2) is 9.80 Å². The van der Waals surface area contributed by atoms with Crippen molar-refractivity contribution in [1.29, 1.82) is 0 Å². The van der Waals surface area contributed by atoms with E-state index < -0.39 is 17.9 Å². The van der Waals surface area contributed by atoms with Gasteiger partial charge in [0, 0.05) is 36.0 Å². The molecule has 8 heteroatoms. The van der Waals surface area contributed by atoms with Crippen LogP contribution in [0.3, 0.4) is 0 Å². The number of fused-ring (bicyclic) bond motifs is 1. The van der Waals surface area contributed by atoms with Gasteiger partial charge in [-0.15, -0.1) is 0 Å². The summed E-state index contributed by atoms with van der Waals surface area (Å²) in [4.78, 5) is 32.0. The van der Waals surface area contributed by atoms with Gasteiger partial charge < -0.3 is 5.11 Å².